The van der Waals surface area contributed by atoms with Crippen LogP contribution in [0.25, 0.3) is 82.5 Å². The molecule has 3 heterocycles. The molecule has 0 unspecified atom stereocenters. The Morgan fingerprint density at radius 2 is 0.769 bits per heavy atom. The summed E-state index contributed by atoms with van der Waals surface area (Å²) in [5.41, 5.74) is 15.0. The number of furan rings is 2. The first kappa shape index (κ1) is 36.8. The average Bonchev–Trinajstić information content (AvgIpc) is 4.04. The molecule has 0 N–H and O–H groups in total. The number of fused-ring (bicyclic) bond motifs is 9. The fraction of sp³-hybridized carbons (Fsp3) is 0. The molecule has 0 spiro atoms. The summed E-state index contributed by atoms with van der Waals surface area (Å²) in [7, 11) is 0. The van der Waals surface area contributed by atoms with E-state index in [1.54, 1.807) is 0 Å². The molecule has 0 aliphatic rings. The minimum atomic E-state index is 0.822. The Bertz CT molecular complexity index is 3730. The maximum atomic E-state index is 6.57. The fourth-order valence-corrected chi connectivity index (χ4v) is 9.81. The SMILES string of the molecule is c1ccc(-c2ccc(-n3c4ccccc4c4c(N(c5ccccc5)c5ccccc5)cc(N(c5ccc6c(c5)oc5ccccc56)c5ccc6c(c5)oc5ccccc56)cc43)cc2)cc1. The highest BCUT2D eigenvalue weighted by Crippen LogP contribution is 2.49. The quantitative estimate of drug-likeness (QED) is 0.153. The van der Waals surface area contributed by atoms with E-state index in [-0.39, 0.29) is 0 Å². The van der Waals surface area contributed by atoms with Gasteiger partial charge in [0, 0.05) is 72.9 Å². The number of aromatic nitrogens is 1. The Labute approximate surface area is 374 Å². The van der Waals surface area contributed by atoms with Crippen LogP contribution < -0.4 is 9.80 Å². The predicted molar refractivity (Wildman–Crippen MR) is 270 cm³/mol. The van der Waals surface area contributed by atoms with Crippen molar-refractivity contribution in [3.05, 3.63) is 237 Å². The van der Waals surface area contributed by atoms with Gasteiger partial charge < -0.3 is 23.2 Å². The van der Waals surface area contributed by atoms with Crippen LogP contribution in [0.4, 0.5) is 34.1 Å². The van der Waals surface area contributed by atoms with E-state index in [1.807, 2.05) is 24.3 Å². The Kier molecular flexibility index (Phi) is 8.46. The van der Waals surface area contributed by atoms with Crippen molar-refractivity contribution in [3.63, 3.8) is 0 Å². The number of nitrogens with zero attached hydrogens (tertiary/aromatic N) is 3. The predicted octanol–water partition coefficient (Wildman–Crippen LogP) is 17.2. The molecule has 5 nitrogen and oxygen atoms in total. The van der Waals surface area contributed by atoms with E-state index in [1.165, 1.54) is 11.1 Å². The lowest BCUT2D eigenvalue weighted by Gasteiger charge is -2.30. The third-order valence-corrected chi connectivity index (χ3v) is 12.7. The number of para-hydroxylation sites is 5. The second kappa shape index (κ2) is 14.9. The zero-order chi connectivity index (χ0) is 42.8. The van der Waals surface area contributed by atoms with Gasteiger partial charge in [0.1, 0.15) is 22.3 Å². The van der Waals surface area contributed by atoms with Gasteiger partial charge in [-0.2, -0.15) is 0 Å². The minimum Gasteiger partial charge on any atom is -0.456 e. The number of anilines is 6. The Balaban J connectivity index is 1.13. The first-order valence-corrected chi connectivity index (χ1v) is 22.0. The van der Waals surface area contributed by atoms with Crippen molar-refractivity contribution in [1.82, 2.24) is 4.57 Å². The highest BCUT2D eigenvalue weighted by Gasteiger charge is 2.26. The normalized spacial score (nSPS) is 11.7. The number of rotatable bonds is 8. The van der Waals surface area contributed by atoms with Crippen LogP contribution in [-0.4, -0.2) is 4.57 Å². The van der Waals surface area contributed by atoms with Gasteiger partial charge >= 0.3 is 0 Å². The molecule has 0 aliphatic carbocycles. The molecule has 0 saturated heterocycles. The third-order valence-electron chi connectivity index (χ3n) is 12.7. The van der Waals surface area contributed by atoms with Crippen LogP contribution >= 0.6 is 0 Å². The van der Waals surface area contributed by atoms with Gasteiger partial charge in [-0.15, -0.1) is 0 Å². The lowest BCUT2D eigenvalue weighted by atomic mass is 10.0. The average molecular weight is 834 g/mol. The van der Waals surface area contributed by atoms with E-state index >= 15 is 0 Å². The van der Waals surface area contributed by atoms with Gasteiger partial charge in [0.15, 0.2) is 0 Å². The van der Waals surface area contributed by atoms with Crippen LogP contribution in [0.15, 0.2) is 245 Å². The zero-order valence-electron chi connectivity index (χ0n) is 35.2. The van der Waals surface area contributed by atoms with Crippen molar-refractivity contribution in [3.8, 4) is 16.8 Å². The van der Waals surface area contributed by atoms with Crippen LogP contribution in [0.1, 0.15) is 0 Å². The molecule has 13 aromatic rings. The van der Waals surface area contributed by atoms with Gasteiger partial charge in [-0.3, -0.25) is 0 Å². The lowest BCUT2D eigenvalue weighted by Crippen LogP contribution is -2.14. The second-order valence-electron chi connectivity index (χ2n) is 16.5. The Morgan fingerprint density at radius 3 is 1.35 bits per heavy atom. The standard InChI is InChI=1S/C60H39N3O2/c1-4-16-40(17-5-1)41-28-30-44(31-29-41)63-53-25-13-10-24-52(53)60-54(62(42-18-6-2-7-19-42)43-20-8-3-9-21-43)36-47(37-55(60)63)61(45-32-34-50-48-22-11-14-26-56(48)64-58(50)38-45)46-33-35-51-49-23-12-15-27-57(49)65-59(51)39-46/h1-39H. The van der Waals surface area contributed by atoms with Gasteiger partial charge in [0.05, 0.1) is 22.4 Å². The van der Waals surface area contributed by atoms with E-state index in [0.717, 1.165) is 105 Å². The summed E-state index contributed by atoms with van der Waals surface area (Å²) in [6, 6.07) is 84.0. The molecule has 10 aromatic carbocycles. The summed E-state index contributed by atoms with van der Waals surface area (Å²) < 4.78 is 15.6. The van der Waals surface area contributed by atoms with Crippen molar-refractivity contribution < 1.29 is 8.83 Å². The van der Waals surface area contributed by atoms with Crippen LogP contribution in [0.2, 0.25) is 0 Å². The van der Waals surface area contributed by atoms with E-state index in [9.17, 15) is 0 Å². The zero-order valence-corrected chi connectivity index (χ0v) is 35.2. The third kappa shape index (κ3) is 6.09. The smallest absolute Gasteiger partial charge is 0.137 e. The van der Waals surface area contributed by atoms with Crippen molar-refractivity contribution in [1.29, 1.82) is 0 Å². The maximum absolute atomic E-state index is 6.57. The van der Waals surface area contributed by atoms with Gasteiger partial charge in [-0.05, 0) is 102 Å². The van der Waals surface area contributed by atoms with Crippen molar-refractivity contribution in [2.75, 3.05) is 9.80 Å². The first-order chi connectivity index (χ1) is 32.2. The fourth-order valence-electron chi connectivity index (χ4n) is 9.81. The van der Waals surface area contributed by atoms with Crippen LogP contribution in [0, 0.1) is 0 Å². The number of benzene rings is 10. The summed E-state index contributed by atoms with van der Waals surface area (Å²) in [6.07, 6.45) is 0. The minimum absolute atomic E-state index is 0.822. The molecule has 5 heteroatoms. The summed E-state index contributed by atoms with van der Waals surface area (Å²) in [5.74, 6) is 0. The number of hydrogen-bond donors (Lipinski definition) is 0. The van der Waals surface area contributed by atoms with Gasteiger partial charge in [-0.1, -0.05) is 133 Å². The van der Waals surface area contributed by atoms with Crippen molar-refractivity contribution in [2.24, 2.45) is 0 Å². The van der Waals surface area contributed by atoms with Crippen LogP contribution in [0.5, 0.6) is 0 Å². The Morgan fingerprint density at radius 1 is 0.292 bits per heavy atom. The van der Waals surface area contributed by atoms with E-state index in [4.69, 9.17) is 8.83 Å². The highest BCUT2D eigenvalue weighted by atomic mass is 16.3. The van der Waals surface area contributed by atoms with Crippen LogP contribution in [0.3, 0.4) is 0 Å². The largest absolute Gasteiger partial charge is 0.456 e. The molecule has 13 rings (SSSR count). The molecule has 0 radical (unpaired) electrons. The number of hydrogen-bond acceptors (Lipinski definition) is 4. The molecule has 0 saturated carbocycles. The lowest BCUT2D eigenvalue weighted by molar-refractivity contribution is 0.669. The van der Waals surface area contributed by atoms with Gasteiger partial charge in [-0.25, -0.2) is 0 Å². The molecule has 0 bridgehead atoms. The first-order valence-electron chi connectivity index (χ1n) is 22.0. The van der Waals surface area contributed by atoms with Crippen molar-refractivity contribution >= 4 is 99.8 Å². The van der Waals surface area contributed by atoms with Gasteiger partial charge in [0.2, 0.25) is 0 Å². The summed E-state index contributed by atoms with van der Waals surface area (Å²) in [6.45, 7) is 0. The molecule has 3 aromatic heterocycles. The molecule has 0 atom stereocenters. The van der Waals surface area contributed by atoms with Crippen molar-refractivity contribution in [2.45, 2.75) is 0 Å². The molecule has 306 valence electrons. The highest BCUT2D eigenvalue weighted by molar-refractivity contribution is 6.18. The summed E-state index contributed by atoms with van der Waals surface area (Å²) in [4.78, 5) is 4.74. The molecule has 0 fully saturated rings. The van der Waals surface area contributed by atoms with Gasteiger partial charge in [0.25, 0.3) is 0 Å². The summed E-state index contributed by atoms with van der Waals surface area (Å²) >= 11 is 0. The topological polar surface area (TPSA) is 37.7 Å². The molecule has 65 heavy (non-hydrogen) atoms. The molecule has 0 amide bonds. The summed E-state index contributed by atoms with van der Waals surface area (Å²) in [5, 5.41) is 6.64. The molecule has 0 aliphatic heterocycles. The monoisotopic (exact) mass is 833 g/mol. The molecular weight excluding hydrogens is 795 g/mol. The molecular formula is C60H39N3O2. The van der Waals surface area contributed by atoms with E-state index in [2.05, 4.69) is 227 Å². The maximum Gasteiger partial charge on any atom is 0.137 e. The Hall–Kier alpha value is -8.80. The van der Waals surface area contributed by atoms with Crippen LogP contribution in [-0.2, 0) is 0 Å². The van der Waals surface area contributed by atoms with E-state index < -0.39 is 0 Å². The second-order valence-corrected chi connectivity index (χ2v) is 16.5. The van der Waals surface area contributed by atoms with E-state index in [0.29, 0.717) is 0 Å².